The van der Waals surface area contributed by atoms with Crippen LogP contribution in [0.15, 0.2) is 18.2 Å². The maximum atomic E-state index is 11.8. The van der Waals surface area contributed by atoms with Crippen molar-refractivity contribution in [2.45, 2.75) is 0 Å². The zero-order valence-corrected chi connectivity index (χ0v) is 11.0. The van der Waals surface area contributed by atoms with E-state index in [1.807, 2.05) is 0 Å². The molecular formula is C11H13Cl2N3O2. The molecule has 0 aliphatic rings. The normalized spacial score (nSPS) is 11.9. The molecule has 5 nitrogen and oxygen atoms in total. The number of carbonyl (C=O) groups is 2. The van der Waals surface area contributed by atoms with Crippen LogP contribution in [0.4, 0.5) is 0 Å². The molecule has 0 fully saturated rings. The number of amides is 2. The topological polar surface area (TPSA) is 98.2 Å². The van der Waals surface area contributed by atoms with E-state index in [0.717, 1.165) is 0 Å². The van der Waals surface area contributed by atoms with Gasteiger partial charge in [-0.05, 0) is 18.2 Å². The molecule has 1 rings (SSSR count). The molecular weight excluding hydrogens is 277 g/mol. The maximum absolute atomic E-state index is 11.8. The second kappa shape index (κ2) is 6.58. The first-order valence-electron chi connectivity index (χ1n) is 5.17. The minimum Gasteiger partial charge on any atom is -0.369 e. The predicted molar refractivity (Wildman–Crippen MR) is 70.5 cm³/mol. The summed E-state index contributed by atoms with van der Waals surface area (Å²) in [4.78, 5) is 22.7. The van der Waals surface area contributed by atoms with Crippen LogP contribution >= 0.6 is 23.2 Å². The zero-order valence-electron chi connectivity index (χ0n) is 9.45. The first-order chi connectivity index (χ1) is 8.43. The summed E-state index contributed by atoms with van der Waals surface area (Å²) < 4.78 is 0. The molecule has 1 aromatic rings. The second-order valence-corrected chi connectivity index (χ2v) is 4.58. The lowest BCUT2D eigenvalue weighted by Gasteiger charge is -2.12. The lowest BCUT2D eigenvalue weighted by atomic mass is 10.1. The van der Waals surface area contributed by atoms with E-state index in [9.17, 15) is 9.59 Å². The molecule has 1 aromatic carbocycles. The molecule has 0 aromatic heterocycles. The fourth-order valence-corrected chi connectivity index (χ4v) is 1.83. The highest BCUT2D eigenvalue weighted by Crippen LogP contribution is 2.18. The molecule has 1 atom stereocenters. The first-order valence-corrected chi connectivity index (χ1v) is 5.93. The van der Waals surface area contributed by atoms with Crippen LogP contribution in [0.1, 0.15) is 10.4 Å². The Morgan fingerprint density at radius 3 is 2.22 bits per heavy atom. The van der Waals surface area contributed by atoms with E-state index in [2.05, 4.69) is 5.32 Å². The maximum Gasteiger partial charge on any atom is 0.251 e. The Bertz CT molecular complexity index is 445. The van der Waals surface area contributed by atoms with Gasteiger partial charge in [0.05, 0.1) is 5.92 Å². The van der Waals surface area contributed by atoms with Crippen LogP contribution in [-0.4, -0.2) is 24.9 Å². The second-order valence-electron chi connectivity index (χ2n) is 3.70. The van der Waals surface area contributed by atoms with Crippen molar-refractivity contribution in [1.82, 2.24) is 5.32 Å². The minimum absolute atomic E-state index is 0.0753. The molecule has 5 N–H and O–H groups in total. The lowest BCUT2D eigenvalue weighted by Crippen LogP contribution is -2.40. The summed E-state index contributed by atoms with van der Waals surface area (Å²) in [7, 11) is 0. The number of nitrogens with two attached hydrogens (primary N) is 2. The summed E-state index contributed by atoms with van der Waals surface area (Å²) in [5.41, 5.74) is 10.8. The van der Waals surface area contributed by atoms with E-state index in [-0.39, 0.29) is 19.0 Å². The summed E-state index contributed by atoms with van der Waals surface area (Å²) in [5.74, 6) is -1.54. The van der Waals surface area contributed by atoms with E-state index >= 15 is 0 Å². The van der Waals surface area contributed by atoms with Crippen molar-refractivity contribution >= 4 is 35.0 Å². The SMILES string of the molecule is NCC(CNC(=O)c1cc(Cl)cc(Cl)c1)C(N)=O. The van der Waals surface area contributed by atoms with Gasteiger partial charge in [-0.15, -0.1) is 0 Å². The monoisotopic (exact) mass is 289 g/mol. The molecule has 0 saturated heterocycles. The van der Waals surface area contributed by atoms with E-state index < -0.39 is 11.8 Å². The zero-order chi connectivity index (χ0) is 13.7. The molecule has 0 bridgehead atoms. The van der Waals surface area contributed by atoms with Crippen LogP contribution in [-0.2, 0) is 4.79 Å². The van der Waals surface area contributed by atoms with Crippen LogP contribution in [0.25, 0.3) is 0 Å². The van der Waals surface area contributed by atoms with Gasteiger partial charge in [0.25, 0.3) is 5.91 Å². The van der Waals surface area contributed by atoms with Gasteiger partial charge in [0, 0.05) is 28.7 Å². The molecule has 0 aliphatic carbocycles. The number of halogens is 2. The number of carbonyl (C=O) groups excluding carboxylic acids is 2. The third-order valence-electron chi connectivity index (χ3n) is 2.32. The van der Waals surface area contributed by atoms with Gasteiger partial charge in [0.1, 0.15) is 0 Å². The molecule has 0 spiro atoms. The highest BCUT2D eigenvalue weighted by Gasteiger charge is 2.15. The van der Waals surface area contributed by atoms with Gasteiger partial charge in [0.15, 0.2) is 0 Å². The summed E-state index contributed by atoms with van der Waals surface area (Å²) in [6, 6.07) is 4.47. The number of hydrogen-bond acceptors (Lipinski definition) is 3. The largest absolute Gasteiger partial charge is 0.369 e. The first kappa shape index (κ1) is 14.8. The Balaban J connectivity index is 2.68. The molecule has 7 heteroatoms. The van der Waals surface area contributed by atoms with Gasteiger partial charge in [-0.1, -0.05) is 23.2 Å². The van der Waals surface area contributed by atoms with Crippen LogP contribution in [0.2, 0.25) is 10.0 Å². The smallest absolute Gasteiger partial charge is 0.251 e. The standard InChI is InChI=1S/C11H13Cl2N3O2/c12-8-1-6(2-9(13)3-8)11(18)16-5-7(4-14)10(15)17/h1-3,7H,4-5,14H2,(H2,15,17)(H,16,18). The highest BCUT2D eigenvalue weighted by molar-refractivity contribution is 6.35. The van der Waals surface area contributed by atoms with Gasteiger partial charge in [-0.3, -0.25) is 9.59 Å². The number of primary amides is 1. The van der Waals surface area contributed by atoms with Gasteiger partial charge < -0.3 is 16.8 Å². The molecule has 0 saturated carbocycles. The number of rotatable bonds is 5. The Kier molecular flexibility index (Phi) is 5.40. The van der Waals surface area contributed by atoms with Crippen LogP contribution in [0.5, 0.6) is 0 Å². The molecule has 0 aliphatic heterocycles. The van der Waals surface area contributed by atoms with Crippen LogP contribution in [0, 0.1) is 5.92 Å². The molecule has 0 heterocycles. The van der Waals surface area contributed by atoms with E-state index in [4.69, 9.17) is 34.7 Å². The van der Waals surface area contributed by atoms with Gasteiger partial charge in [-0.25, -0.2) is 0 Å². The Hall–Kier alpha value is -1.30. The fraction of sp³-hybridized carbons (Fsp3) is 0.273. The van der Waals surface area contributed by atoms with Crippen LogP contribution < -0.4 is 16.8 Å². The number of benzene rings is 1. The molecule has 2 amide bonds. The summed E-state index contributed by atoms with van der Waals surface area (Å²) in [5, 5.41) is 3.27. The van der Waals surface area contributed by atoms with E-state index in [1.54, 1.807) is 0 Å². The van der Waals surface area contributed by atoms with Crippen molar-refractivity contribution in [3.63, 3.8) is 0 Å². The van der Waals surface area contributed by atoms with Crippen molar-refractivity contribution in [2.24, 2.45) is 17.4 Å². The van der Waals surface area contributed by atoms with Crippen molar-refractivity contribution < 1.29 is 9.59 Å². The quantitative estimate of drug-likeness (QED) is 0.747. The summed E-state index contributed by atoms with van der Waals surface area (Å²) in [6.45, 7) is 0.153. The molecule has 1 unspecified atom stereocenters. The average molecular weight is 290 g/mol. The van der Waals surface area contributed by atoms with Crippen molar-refractivity contribution in [1.29, 1.82) is 0 Å². The minimum atomic E-state index is -0.594. The highest BCUT2D eigenvalue weighted by atomic mass is 35.5. The average Bonchev–Trinajstić information content (AvgIpc) is 2.27. The predicted octanol–water partition coefficient (Wildman–Crippen LogP) is 0.783. The van der Waals surface area contributed by atoms with Gasteiger partial charge >= 0.3 is 0 Å². The number of hydrogen-bond donors (Lipinski definition) is 3. The summed E-state index contributed by atoms with van der Waals surface area (Å²) in [6.07, 6.45) is 0. The third kappa shape index (κ3) is 4.18. The Morgan fingerprint density at radius 1 is 1.22 bits per heavy atom. The fourth-order valence-electron chi connectivity index (χ4n) is 1.30. The Morgan fingerprint density at radius 2 is 1.78 bits per heavy atom. The van der Waals surface area contributed by atoms with E-state index in [0.29, 0.717) is 15.6 Å². The van der Waals surface area contributed by atoms with Gasteiger partial charge in [0.2, 0.25) is 5.91 Å². The number of nitrogens with one attached hydrogen (secondary N) is 1. The summed E-state index contributed by atoms with van der Waals surface area (Å²) >= 11 is 11.6. The third-order valence-corrected chi connectivity index (χ3v) is 2.76. The van der Waals surface area contributed by atoms with Crippen molar-refractivity contribution in [3.8, 4) is 0 Å². The Labute approximate surface area is 114 Å². The molecule has 98 valence electrons. The molecule has 0 radical (unpaired) electrons. The van der Waals surface area contributed by atoms with Crippen molar-refractivity contribution in [2.75, 3.05) is 13.1 Å². The van der Waals surface area contributed by atoms with Gasteiger partial charge in [-0.2, -0.15) is 0 Å². The lowest BCUT2D eigenvalue weighted by molar-refractivity contribution is -0.121. The van der Waals surface area contributed by atoms with E-state index in [1.165, 1.54) is 18.2 Å². The van der Waals surface area contributed by atoms with Crippen molar-refractivity contribution in [3.05, 3.63) is 33.8 Å². The van der Waals surface area contributed by atoms with Crippen LogP contribution in [0.3, 0.4) is 0 Å². The molecule has 18 heavy (non-hydrogen) atoms.